The monoisotopic (exact) mass is 867 g/mol. The number of nitrogens with zero attached hydrogens (tertiary/aromatic N) is 6. The number of thiazole rings is 1. The molecule has 6 aliphatic rings. The Morgan fingerprint density at radius 3 is 2.48 bits per heavy atom. The van der Waals surface area contributed by atoms with E-state index in [2.05, 4.69) is 38.7 Å². The second-order valence-electron chi connectivity index (χ2n) is 18.9. The molecule has 0 spiro atoms. The van der Waals surface area contributed by atoms with Crippen molar-refractivity contribution in [1.29, 1.82) is 5.41 Å². The molecule has 62 heavy (non-hydrogen) atoms. The molecule has 5 fully saturated rings. The van der Waals surface area contributed by atoms with Crippen LogP contribution in [0.3, 0.4) is 0 Å². The molecule has 15 heteroatoms. The highest BCUT2D eigenvalue weighted by Crippen LogP contribution is 2.72. The number of likely N-dealkylation sites (N-methyl/N-ethyl adjacent to an activating group) is 1. The molecule has 4 bridgehead atoms. The molecule has 0 radical (unpaired) electrons. The molecule has 2 aromatic heterocycles. The van der Waals surface area contributed by atoms with Gasteiger partial charge in [0.15, 0.2) is 0 Å². The minimum atomic E-state index is -0.838. The van der Waals surface area contributed by atoms with Gasteiger partial charge in [0.1, 0.15) is 23.2 Å². The topological polar surface area (TPSA) is 198 Å². The Balaban J connectivity index is 0.00000285. The molecule has 4 saturated carbocycles. The van der Waals surface area contributed by atoms with Gasteiger partial charge in [-0.25, -0.2) is 9.98 Å². The number of nitrogens with one attached hydrogen (secondary N) is 2. The van der Waals surface area contributed by atoms with E-state index in [-0.39, 0.29) is 39.8 Å². The number of aliphatic hydroxyl groups is 2. The van der Waals surface area contributed by atoms with Gasteiger partial charge in [-0.1, -0.05) is 51.2 Å². The fourth-order valence-electron chi connectivity index (χ4n) is 12.1. The molecular weight excluding hydrogens is 803 g/mol. The maximum absolute atomic E-state index is 11.0. The van der Waals surface area contributed by atoms with Crippen molar-refractivity contribution < 1.29 is 24.9 Å². The SMILES string of the molecule is CC.CC(=C1\CCCN(C2=CC=C(c3cnn(CC45CC6(C)CC(C)(C4)CC(OCCN(C)CCCC(=O)O)(C6)C5)c3C)C(=C(O)O)N2)C1=N)/C(N)=N\c1nc2ccccc2s1. The predicted octanol–water partition coefficient (Wildman–Crippen LogP) is 8.95. The van der Waals surface area contributed by atoms with E-state index < -0.39 is 11.9 Å². The number of piperidine rings is 1. The molecule has 2 atom stereocenters. The van der Waals surface area contributed by atoms with Crippen LogP contribution in [0.25, 0.3) is 15.8 Å². The number of aliphatic carboxylic acids is 1. The third-order valence-corrected chi connectivity index (χ3v) is 14.4. The van der Waals surface area contributed by atoms with Crippen LogP contribution < -0.4 is 11.1 Å². The van der Waals surface area contributed by atoms with Crippen molar-refractivity contribution in [3.8, 4) is 0 Å². The molecule has 0 amide bonds. The third-order valence-electron chi connectivity index (χ3n) is 13.5. The summed E-state index contributed by atoms with van der Waals surface area (Å²) in [7, 11) is 2.03. The average Bonchev–Trinajstić information content (AvgIpc) is 3.78. The highest BCUT2D eigenvalue weighted by atomic mass is 32.1. The Morgan fingerprint density at radius 1 is 1.06 bits per heavy atom. The Labute approximate surface area is 369 Å². The number of fused-ring (bicyclic) bond motifs is 1. The van der Waals surface area contributed by atoms with Crippen LogP contribution in [-0.2, 0) is 16.1 Å². The number of amidine groups is 2. The number of carboxylic acids is 1. The maximum atomic E-state index is 11.0. The second kappa shape index (κ2) is 17.6. The molecule has 14 nitrogen and oxygen atoms in total. The first-order valence-corrected chi connectivity index (χ1v) is 22.9. The number of hydrogen-bond donors (Lipinski definition) is 6. The zero-order valence-electron chi connectivity index (χ0n) is 37.5. The van der Waals surface area contributed by atoms with Crippen LogP contribution >= 0.6 is 11.3 Å². The number of aliphatic hydroxyl groups excluding tert-OH is 1. The molecule has 4 aliphatic carbocycles. The van der Waals surface area contributed by atoms with Gasteiger partial charge in [-0.3, -0.25) is 14.9 Å². The number of para-hydroxylation sites is 1. The normalized spacial score (nSPS) is 27.8. The number of benzene rings is 1. The molecule has 3 aromatic rings. The van der Waals surface area contributed by atoms with Gasteiger partial charge in [-0.15, -0.1) is 0 Å². The Hall–Kier alpha value is -4.99. The second-order valence-corrected chi connectivity index (χ2v) is 19.9. The lowest BCUT2D eigenvalue weighted by Gasteiger charge is -2.69. The third kappa shape index (κ3) is 9.21. The van der Waals surface area contributed by atoms with Crippen molar-refractivity contribution >= 4 is 49.9 Å². The van der Waals surface area contributed by atoms with Crippen LogP contribution in [0.15, 0.2) is 76.2 Å². The summed E-state index contributed by atoms with van der Waals surface area (Å²) >= 11 is 1.47. The van der Waals surface area contributed by atoms with Gasteiger partial charge < -0.3 is 40.9 Å². The lowest BCUT2D eigenvalue weighted by molar-refractivity contribution is -0.248. The van der Waals surface area contributed by atoms with E-state index in [1.807, 2.05) is 82.3 Å². The molecule has 334 valence electrons. The van der Waals surface area contributed by atoms with E-state index >= 15 is 0 Å². The number of carbonyl (C=O) groups is 1. The number of aromatic nitrogens is 3. The summed E-state index contributed by atoms with van der Waals surface area (Å²) in [6, 6.07) is 7.86. The van der Waals surface area contributed by atoms with Crippen LogP contribution in [0.5, 0.6) is 0 Å². The van der Waals surface area contributed by atoms with E-state index in [0.29, 0.717) is 48.4 Å². The van der Waals surface area contributed by atoms with Gasteiger partial charge in [-0.2, -0.15) is 5.10 Å². The van der Waals surface area contributed by atoms with Gasteiger partial charge in [-0.05, 0) is 131 Å². The Morgan fingerprint density at radius 2 is 1.79 bits per heavy atom. The number of aliphatic imine (C=N–C) groups is 1. The van der Waals surface area contributed by atoms with Gasteiger partial charge in [0.25, 0.3) is 5.95 Å². The smallest absolute Gasteiger partial charge is 0.303 e. The lowest BCUT2D eigenvalue weighted by atomic mass is 9.39. The van der Waals surface area contributed by atoms with Crippen LogP contribution in [0.4, 0.5) is 5.13 Å². The zero-order valence-corrected chi connectivity index (χ0v) is 38.3. The molecule has 1 aromatic carbocycles. The van der Waals surface area contributed by atoms with Crippen molar-refractivity contribution in [2.45, 2.75) is 118 Å². The number of likely N-dealkylation sites (tertiary alicyclic amines) is 1. The lowest BCUT2D eigenvalue weighted by Crippen LogP contribution is -2.64. The highest BCUT2D eigenvalue weighted by Gasteiger charge is 2.66. The quantitative estimate of drug-likeness (QED) is 0.0514. The van der Waals surface area contributed by atoms with Crippen molar-refractivity contribution in [2.24, 2.45) is 27.0 Å². The van der Waals surface area contributed by atoms with E-state index in [4.69, 9.17) is 20.7 Å². The summed E-state index contributed by atoms with van der Waals surface area (Å²) in [4.78, 5) is 24.2. The first-order valence-electron chi connectivity index (χ1n) is 22.1. The van der Waals surface area contributed by atoms with Gasteiger partial charge in [0.2, 0.25) is 5.13 Å². The van der Waals surface area contributed by atoms with E-state index in [9.17, 15) is 20.4 Å². The van der Waals surface area contributed by atoms with Crippen molar-refractivity contribution in [3.05, 3.63) is 82.5 Å². The molecule has 2 unspecified atom stereocenters. The van der Waals surface area contributed by atoms with Crippen LogP contribution in [0.1, 0.15) is 110 Å². The number of hydrogen-bond acceptors (Lipinski definition) is 11. The highest BCUT2D eigenvalue weighted by molar-refractivity contribution is 7.22. The summed E-state index contributed by atoms with van der Waals surface area (Å²) in [6.07, 6.45) is 14.3. The summed E-state index contributed by atoms with van der Waals surface area (Å²) in [5.41, 5.74) is 11.5. The van der Waals surface area contributed by atoms with E-state index in [1.165, 1.54) is 17.8 Å². The van der Waals surface area contributed by atoms with E-state index in [0.717, 1.165) is 90.8 Å². The fraction of sp³-hybridized carbons (Fsp3) is 0.553. The van der Waals surface area contributed by atoms with Crippen molar-refractivity contribution in [3.63, 3.8) is 0 Å². The van der Waals surface area contributed by atoms with Gasteiger partial charge >= 0.3 is 5.97 Å². The molecule has 7 N–H and O–H groups in total. The first kappa shape index (κ1) is 45.0. The molecule has 4 heterocycles. The van der Waals surface area contributed by atoms with Gasteiger partial charge in [0, 0.05) is 48.5 Å². The van der Waals surface area contributed by atoms with Crippen LogP contribution in [-0.4, -0.2) is 96.4 Å². The van der Waals surface area contributed by atoms with E-state index in [1.54, 1.807) is 0 Å². The number of nitrogens with two attached hydrogens (primary N) is 1. The van der Waals surface area contributed by atoms with Crippen molar-refractivity contribution in [2.75, 3.05) is 33.3 Å². The van der Waals surface area contributed by atoms with Crippen molar-refractivity contribution in [1.82, 2.24) is 29.9 Å². The fourth-order valence-corrected chi connectivity index (χ4v) is 12.9. The minimum absolute atomic E-state index is 0.00418. The van der Waals surface area contributed by atoms with Gasteiger partial charge in [0.05, 0.1) is 28.6 Å². The summed E-state index contributed by atoms with van der Waals surface area (Å²) in [6.45, 7) is 16.2. The number of dihydropyridines is 1. The van der Waals surface area contributed by atoms with Crippen LogP contribution in [0, 0.1) is 28.6 Å². The maximum Gasteiger partial charge on any atom is 0.303 e. The Kier molecular flexibility index (Phi) is 12.8. The summed E-state index contributed by atoms with van der Waals surface area (Å²) < 4.78 is 10.1. The zero-order chi connectivity index (χ0) is 44.6. The standard InChI is InChI=1S/C45H59N9O5S.C2H6/c1-28(38(46)51-41-49-33-11-6-7-12-34(33)60-41)30-10-8-17-53(39(30)47)35-15-14-31(37(50-35)40(57)58)32-20-48-54(29(32)2)27-44-22-42(3)21-43(4,23-44)25-45(24-42,26-44)59-19-18-52(5)16-9-13-36(55)56;1-2/h6-7,11-12,14-15,20,47,50,57-58H,8-10,13,16-19,21-27H2,1-5H3,(H,55,56)(H2,46,49,51);1-2H3/b30-28-,47-39?;. The largest absolute Gasteiger partial charge is 0.481 e. The molecule has 2 aliphatic heterocycles. The predicted molar refractivity (Wildman–Crippen MR) is 246 cm³/mol. The number of carboxylic acid groups (broad SMARTS) is 1. The molecule has 9 rings (SSSR count). The Bertz CT molecular complexity index is 2320. The summed E-state index contributed by atoms with van der Waals surface area (Å²) in [5.74, 6) is -0.443. The minimum Gasteiger partial charge on any atom is -0.481 e. The number of ether oxygens (including phenoxy) is 1. The average molecular weight is 868 g/mol. The number of allylic oxidation sites excluding steroid dienone is 3. The molecular formula is C47H65N9O5S. The summed E-state index contributed by atoms with van der Waals surface area (Å²) in [5, 5.41) is 48.4. The van der Waals surface area contributed by atoms with Crippen LogP contribution in [0.2, 0.25) is 0 Å². The first-order chi connectivity index (χ1) is 29.5. The molecule has 1 saturated heterocycles. The number of rotatable bonds is 14.